The molecule has 2 aromatic rings. The summed E-state index contributed by atoms with van der Waals surface area (Å²) < 4.78 is 5.46. The Morgan fingerprint density at radius 2 is 1.88 bits per heavy atom. The molecule has 6 nitrogen and oxygen atoms in total. The van der Waals surface area contributed by atoms with Gasteiger partial charge in [0.25, 0.3) is 0 Å². The maximum absolute atomic E-state index is 12.9. The summed E-state index contributed by atoms with van der Waals surface area (Å²) in [6.07, 6.45) is 4.40. The van der Waals surface area contributed by atoms with Crippen LogP contribution in [0, 0.1) is 0 Å². The van der Waals surface area contributed by atoms with Crippen molar-refractivity contribution < 1.29 is 50.4 Å². The molecule has 1 atom stereocenters. The first-order valence-corrected chi connectivity index (χ1v) is 11.2. The van der Waals surface area contributed by atoms with Crippen LogP contribution in [0.5, 0.6) is 5.75 Å². The molecule has 0 aliphatic carbocycles. The van der Waals surface area contributed by atoms with Gasteiger partial charge in [-0.3, -0.25) is 4.79 Å². The van der Waals surface area contributed by atoms with E-state index in [-0.39, 0.29) is 54.9 Å². The van der Waals surface area contributed by atoms with E-state index in [1.807, 2.05) is 6.07 Å². The van der Waals surface area contributed by atoms with Crippen molar-refractivity contribution in [3.05, 3.63) is 59.2 Å². The first kappa shape index (κ1) is 26.2. The molecule has 0 radical (unpaired) electrons. The average molecular weight is 449 g/mol. The first-order valence-electron chi connectivity index (χ1n) is 11.2. The number of carbonyl (C=O) groups is 2. The van der Waals surface area contributed by atoms with E-state index in [2.05, 4.69) is 35.3 Å². The molecule has 1 amide bonds. The number of nitrogens with zero attached hydrogens (tertiary/aromatic N) is 1. The average Bonchev–Trinajstić information content (AvgIpc) is 3.28. The van der Waals surface area contributed by atoms with Gasteiger partial charge in [-0.1, -0.05) is 37.6 Å². The summed E-state index contributed by atoms with van der Waals surface area (Å²) in [5.41, 5.74) is 3.21. The van der Waals surface area contributed by atoms with Crippen molar-refractivity contribution in [2.45, 2.75) is 52.0 Å². The number of carbonyl (C=O) groups excluding carboxylic acids is 1. The number of benzene rings is 2. The monoisotopic (exact) mass is 448 g/mol. The van der Waals surface area contributed by atoms with Gasteiger partial charge in [-0.15, -0.1) is 0 Å². The fraction of sp³-hybridized carbons (Fsp3) is 0.440. The Labute approximate surface area is 214 Å². The van der Waals surface area contributed by atoms with Gasteiger partial charge in [0.1, 0.15) is 11.3 Å². The topological polar surface area (TPSA) is 78.9 Å². The Bertz CT molecular complexity index is 919. The van der Waals surface area contributed by atoms with Crippen molar-refractivity contribution >= 4 is 17.6 Å². The summed E-state index contributed by atoms with van der Waals surface area (Å²) in [4.78, 5) is 26.7. The van der Waals surface area contributed by atoms with Crippen molar-refractivity contribution in [2.75, 3.05) is 24.6 Å². The minimum absolute atomic E-state index is 0. The van der Waals surface area contributed by atoms with Crippen LogP contribution in [0.3, 0.4) is 0 Å². The number of nitrogens with one attached hydrogen (secondary N) is 1. The van der Waals surface area contributed by atoms with Crippen molar-refractivity contribution in [1.82, 2.24) is 5.32 Å². The summed E-state index contributed by atoms with van der Waals surface area (Å²) in [6.45, 7) is 6.40. The van der Waals surface area contributed by atoms with E-state index in [9.17, 15) is 14.7 Å². The Balaban J connectivity index is 0.00000272. The van der Waals surface area contributed by atoms with Gasteiger partial charge >= 0.3 is 35.5 Å². The van der Waals surface area contributed by atoms with Crippen molar-refractivity contribution in [1.29, 1.82) is 0 Å². The van der Waals surface area contributed by atoms with Crippen LogP contribution >= 0.6 is 0 Å². The molecule has 0 bridgehead atoms. The SMILES string of the molecule is CCCC(NC(=O)Cc1ccc(C(=O)O)c(OCC)c1)c1ccccc1N1CCCC1.[H-].[Na+]. The van der Waals surface area contributed by atoms with Gasteiger partial charge in [0, 0.05) is 18.8 Å². The number of amides is 1. The standard InChI is InChI=1S/C25H32N2O4.Na.H/c1-3-9-21(19-10-5-6-11-22(19)27-14-7-8-15-27)26-24(28)17-18-12-13-20(25(29)30)23(16-18)31-4-2;;/h5-6,10-13,16,21H,3-4,7-9,14-15,17H2,1-2H3,(H,26,28)(H,29,30);;/q;+1;-1. The summed E-state index contributed by atoms with van der Waals surface area (Å²) in [6, 6.07) is 13.1. The predicted molar refractivity (Wildman–Crippen MR) is 123 cm³/mol. The normalized spacial score (nSPS) is 13.9. The molecule has 1 heterocycles. The quantitative estimate of drug-likeness (QED) is 0.541. The van der Waals surface area contributed by atoms with Gasteiger partial charge in [0.05, 0.1) is 19.1 Å². The van der Waals surface area contributed by atoms with Crippen LogP contribution in [0.1, 0.15) is 68.5 Å². The summed E-state index contributed by atoms with van der Waals surface area (Å²) >= 11 is 0. The van der Waals surface area contributed by atoms with E-state index in [0.717, 1.165) is 37.1 Å². The van der Waals surface area contributed by atoms with Crippen LogP contribution in [0.2, 0.25) is 0 Å². The van der Waals surface area contributed by atoms with Gasteiger partial charge in [0.15, 0.2) is 0 Å². The second kappa shape index (κ2) is 12.9. The molecule has 2 aromatic carbocycles. The molecule has 0 spiro atoms. The van der Waals surface area contributed by atoms with Gasteiger partial charge in [0.2, 0.25) is 5.91 Å². The van der Waals surface area contributed by atoms with Gasteiger partial charge in [-0.25, -0.2) is 4.79 Å². The maximum atomic E-state index is 12.9. The molecule has 1 unspecified atom stereocenters. The van der Waals surface area contributed by atoms with Crippen molar-refractivity contribution in [3.8, 4) is 5.75 Å². The van der Waals surface area contributed by atoms with Crippen molar-refractivity contribution in [3.63, 3.8) is 0 Å². The van der Waals surface area contributed by atoms with E-state index in [0.29, 0.717) is 12.4 Å². The van der Waals surface area contributed by atoms with Gasteiger partial charge in [-0.2, -0.15) is 0 Å². The molecular weight excluding hydrogens is 415 g/mol. The maximum Gasteiger partial charge on any atom is 1.00 e. The van der Waals surface area contributed by atoms with E-state index in [1.165, 1.54) is 24.6 Å². The first-order chi connectivity index (χ1) is 15.0. The second-order valence-corrected chi connectivity index (χ2v) is 7.91. The van der Waals surface area contributed by atoms with E-state index >= 15 is 0 Å². The number of hydrogen-bond donors (Lipinski definition) is 2. The Morgan fingerprint density at radius 3 is 2.53 bits per heavy atom. The van der Waals surface area contributed by atoms with Crippen LogP contribution in [0.15, 0.2) is 42.5 Å². The molecule has 1 saturated heterocycles. The molecule has 0 aromatic heterocycles. The van der Waals surface area contributed by atoms with E-state index in [4.69, 9.17) is 4.74 Å². The number of anilines is 1. The van der Waals surface area contributed by atoms with Crippen LogP contribution in [0.25, 0.3) is 0 Å². The molecular formula is C25H33N2NaO4. The van der Waals surface area contributed by atoms with Crippen LogP contribution in [-0.2, 0) is 11.2 Å². The Hall–Kier alpha value is -2.02. The smallest absolute Gasteiger partial charge is 1.00 e. The fourth-order valence-electron chi connectivity index (χ4n) is 4.18. The zero-order valence-electron chi connectivity index (χ0n) is 20.4. The Morgan fingerprint density at radius 1 is 1.16 bits per heavy atom. The van der Waals surface area contributed by atoms with Gasteiger partial charge < -0.3 is 21.5 Å². The predicted octanol–water partition coefficient (Wildman–Crippen LogP) is 1.70. The molecule has 1 fully saturated rings. The molecule has 168 valence electrons. The third-order valence-electron chi connectivity index (χ3n) is 5.61. The third-order valence-corrected chi connectivity index (χ3v) is 5.61. The van der Waals surface area contributed by atoms with E-state index < -0.39 is 5.97 Å². The number of aromatic carboxylic acids is 1. The van der Waals surface area contributed by atoms with Gasteiger partial charge in [-0.05, 0) is 55.5 Å². The zero-order chi connectivity index (χ0) is 22.2. The van der Waals surface area contributed by atoms with Crippen LogP contribution in [0.4, 0.5) is 5.69 Å². The number of ether oxygens (including phenoxy) is 1. The largest absolute Gasteiger partial charge is 1.00 e. The molecule has 1 aliphatic rings. The zero-order valence-corrected chi connectivity index (χ0v) is 21.4. The third kappa shape index (κ3) is 6.74. The molecule has 0 saturated carbocycles. The molecule has 3 rings (SSSR count). The van der Waals surface area contributed by atoms with Crippen molar-refractivity contribution in [2.24, 2.45) is 0 Å². The minimum atomic E-state index is -1.04. The second-order valence-electron chi connectivity index (χ2n) is 7.91. The number of para-hydroxylation sites is 1. The number of rotatable bonds is 10. The van der Waals surface area contributed by atoms with E-state index in [1.54, 1.807) is 19.1 Å². The molecule has 32 heavy (non-hydrogen) atoms. The molecule has 7 heteroatoms. The summed E-state index contributed by atoms with van der Waals surface area (Å²) in [5, 5.41) is 12.5. The summed E-state index contributed by atoms with van der Waals surface area (Å²) in [5.74, 6) is -0.828. The molecule has 1 aliphatic heterocycles. The number of carboxylic acids is 1. The molecule has 2 N–H and O–H groups in total. The van der Waals surface area contributed by atoms with Crippen LogP contribution < -0.4 is 44.5 Å². The minimum Gasteiger partial charge on any atom is -1.00 e. The summed E-state index contributed by atoms with van der Waals surface area (Å²) in [7, 11) is 0. The number of carboxylic acid groups (broad SMARTS) is 1. The number of hydrogen-bond acceptors (Lipinski definition) is 4. The fourth-order valence-corrected chi connectivity index (χ4v) is 4.18. The Kier molecular flexibility index (Phi) is 10.6. The van der Waals surface area contributed by atoms with Crippen LogP contribution in [-0.4, -0.2) is 36.7 Å².